The molecule has 0 bridgehead atoms. The molecule has 1 saturated carbocycles. The molecular weight excluding hydrogens is 691 g/mol. The minimum atomic E-state index is -0.190. The Morgan fingerprint density at radius 3 is 2.70 bits per heavy atom. The van der Waals surface area contributed by atoms with E-state index in [0.29, 0.717) is 61.1 Å². The van der Waals surface area contributed by atoms with Crippen LogP contribution < -0.4 is 15.0 Å². The van der Waals surface area contributed by atoms with Gasteiger partial charge in [0.1, 0.15) is 5.82 Å². The monoisotopic (exact) mass is 722 g/mol. The van der Waals surface area contributed by atoms with E-state index in [-0.39, 0.29) is 24.0 Å². The first-order valence-electron chi connectivity index (χ1n) is 13.7. The van der Waals surface area contributed by atoms with E-state index in [9.17, 15) is 9.59 Å². The lowest BCUT2D eigenvalue weighted by Crippen LogP contribution is -2.43. The molecule has 1 saturated heterocycles. The van der Waals surface area contributed by atoms with Gasteiger partial charge in [0.15, 0.2) is 18.1 Å². The van der Waals surface area contributed by atoms with Crippen molar-refractivity contribution in [1.29, 1.82) is 0 Å². The van der Waals surface area contributed by atoms with Gasteiger partial charge in [-0.15, -0.1) is 0 Å². The van der Waals surface area contributed by atoms with Gasteiger partial charge < -0.3 is 19.1 Å². The van der Waals surface area contributed by atoms with Crippen LogP contribution in [0.1, 0.15) is 56.3 Å². The summed E-state index contributed by atoms with van der Waals surface area (Å²) >= 11 is 5.65. The maximum atomic E-state index is 13.6. The lowest BCUT2D eigenvalue weighted by atomic mass is 9.88. The van der Waals surface area contributed by atoms with Crippen molar-refractivity contribution in [3.8, 4) is 11.5 Å². The third kappa shape index (κ3) is 6.68. The molecule has 0 N–H and O–H groups in total. The molecule has 1 aliphatic heterocycles. The Labute approximate surface area is 255 Å². The van der Waals surface area contributed by atoms with Gasteiger partial charge in [-0.05, 0) is 78.3 Å². The standard InChI is InChI=1S/C29H32BrIN4O5/c1-2-39-25-15-19(14-23(31)27(25)40-18-26(36)34-10-12-38-13-11-34)17-32-35-28(20-6-4-3-5-7-20)33-24-9-8-21(30)16-22(24)29(35)37/h8-9,14-17,20H,2-7,10-13,18H2,1H3. The second-order valence-electron chi connectivity index (χ2n) is 9.87. The van der Waals surface area contributed by atoms with Crippen LogP contribution in [0, 0.1) is 3.57 Å². The van der Waals surface area contributed by atoms with Crippen LogP contribution in [-0.4, -0.2) is 66.2 Å². The van der Waals surface area contributed by atoms with Gasteiger partial charge in [0.2, 0.25) is 0 Å². The molecule has 0 radical (unpaired) electrons. The van der Waals surface area contributed by atoms with Gasteiger partial charge in [-0.25, -0.2) is 4.98 Å². The first kappa shape index (κ1) is 29.0. The molecule has 1 aliphatic carbocycles. The minimum Gasteiger partial charge on any atom is -0.490 e. The summed E-state index contributed by atoms with van der Waals surface area (Å²) in [6.45, 7) is 4.45. The number of rotatable bonds is 8. The molecule has 5 rings (SSSR count). The summed E-state index contributed by atoms with van der Waals surface area (Å²) in [5.74, 6) is 1.84. The Hall–Kier alpha value is -2.51. The van der Waals surface area contributed by atoms with Gasteiger partial charge in [0.05, 0.1) is 40.5 Å². The molecule has 9 nitrogen and oxygen atoms in total. The highest BCUT2D eigenvalue weighted by Crippen LogP contribution is 2.35. The number of nitrogens with zero attached hydrogens (tertiary/aromatic N) is 4. The van der Waals surface area contributed by atoms with Crippen molar-refractivity contribution in [1.82, 2.24) is 14.6 Å². The number of ether oxygens (including phenoxy) is 3. The van der Waals surface area contributed by atoms with E-state index in [2.05, 4.69) is 43.6 Å². The topological polar surface area (TPSA) is 95.2 Å². The zero-order chi connectivity index (χ0) is 28.1. The number of benzene rings is 2. The fourth-order valence-electron chi connectivity index (χ4n) is 5.13. The van der Waals surface area contributed by atoms with E-state index in [1.54, 1.807) is 17.2 Å². The highest BCUT2D eigenvalue weighted by molar-refractivity contribution is 14.1. The van der Waals surface area contributed by atoms with Crippen molar-refractivity contribution in [3.63, 3.8) is 0 Å². The molecule has 3 aromatic rings. The average Bonchev–Trinajstić information content (AvgIpc) is 2.97. The van der Waals surface area contributed by atoms with Crippen LogP contribution in [0.2, 0.25) is 0 Å². The van der Waals surface area contributed by atoms with E-state index < -0.39 is 0 Å². The maximum absolute atomic E-state index is 13.6. The number of morpholine rings is 1. The van der Waals surface area contributed by atoms with Crippen LogP contribution in [0.25, 0.3) is 10.9 Å². The second-order valence-corrected chi connectivity index (χ2v) is 12.0. The highest BCUT2D eigenvalue weighted by Gasteiger charge is 2.23. The summed E-state index contributed by atoms with van der Waals surface area (Å²) in [7, 11) is 0. The number of fused-ring (bicyclic) bond motifs is 1. The average molecular weight is 723 g/mol. The summed E-state index contributed by atoms with van der Waals surface area (Å²) in [5, 5.41) is 5.19. The maximum Gasteiger partial charge on any atom is 0.282 e. The first-order chi connectivity index (χ1) is 19.4. The summed E-state index contributed by atoms with van der Waals surface area (Å²) in [6.07, 6.45) is 7.08. The number of carbonyl (C=O) groups is 1. The van der Waals surface area contributed by atoms with Crippen molar-refractivity contribution in [2.75, 3.05) is 39.5 Å². The zero-order valence-corrected chi connectivity index (χ0v) is 26.1. The molecule has 0 atom stereocenters. The largest absolute Gasteiger partial charge is 0.490 e. The Morgan fingerprint density at radius 2 is 1.95 bits per heavy atom. The Bertz CT molecular complexity index is 1470. The van der Waals surface area contributed by atoms with Gasteiger partial charge in [0.25, 0.3) is 11.5 Å². The zero-order valence-electron chi connectivity index (χ0n) is 22.4. The molecule has 2 heterocycles. The third-order valence-corrected chi connectivity index (χ3v) is 8.46. The minimum absolute atomic E-state index is 0.0814. The lowest BCUT2D eigenvalue weighted by molar-refractivity contribution is -0.137. The Morgan fingerprint density at radius 1 is 1.18 bits per heavy atom. The van der Waals surface area contributed by atoms with E-state index in [1.807, 2.05) is 31.2 Å². The molecular formula is C29H32BrIN4O5. The van der Waals surface area contributed by atoms with E-state index in [0.717, 1.165) is 39.3 Å². The number of hydrogen-bond acceptors (Lipinski definition) is 7. The van der Waals surface area contributed by atoms with Crippen molar-refractivity contribution in [2.24, 2.45) is 5.10 Å². The van der Waals surface area contributed by atoms with E-state index in [4.69, 9.17) is 19.2 Å². The molecule has 1 aromatic heterocycles. The van der Waals surface area contributed by atoms with Gasteiger partial charge in [-0.1, -0.05) is 35.2 Å². The number of aromatic nitrogens is 2. The predicted molar refractivity (Wildman–Crippen MR) is 166 cm³/mol. The first-order valence-corrected chi connectivity index (χ1v) is 15.5. The Balaban J connectivity index is 1.46. The van der Waals surface area contributed by atoms with Gasteiger partial charge in [-0.3, -0.25) is 9.59 Å². The molecule has 40 heavy (non-hydrogen) atoms. The van der Waals surface area contributed by atoms with Crippen LogP contribution in [0.15, 0.2) is 44.7 Å². The van der Waals surface area contributed by atoms with Gasteiger partial charge in [0, 0.05) is 23.5 Å². The lowest BCUT2D eigenvalue weighted by Gasteiger charge is -2.27. The van der Waals surface area contributed by atoms with E-state index >= 15 is 0 Å². The fourth-order valence-corrected chi connectivity index (χ4v) is 6.27. The quantitative estimate of drug-likeness (QED) is 0.231. The number of hydrogen-bond donors (Lipinski definition) is 0. The molecule has 212 valence electrons. The smallest absolute Gasteiger partial charge is 0.282 e. The van der Waals surface area contributed by atoms with Crippen molar-refractivity contribution in [2.45, 2.75) is 44.9 Å². The van der Waals surface area contributed by atoms with E-state index in [1.165, 1.54) is 11.1 Å². The normalized spacial score (nSPS) is 16.5. The van der Waals surface area contributed by atoms with Crippen LogP contribution in [0.5, 0.6) is 11.5 Å². The molecule has 2 aromatic carbocycles. The van der Waals surface area contributed by atoms with Crippen molar-refractivity contribution in [3.05, 3.63) is 60.1 Å². The van der Waals surface area contributed by atoms with Crippen molar-refractivity contribution < 1.29 is 19.0 Å². The van der Waals surface area contributed by atoms with Gasteiger partial charge in [-0.2, -0.15) is 9.78 Å². The van der Waals surface area contributed by atoms with Crippen molar-refractivity contribution >= 4 is 61.5 Å². The fraction of sp³-hybridized carbons (Fsp3) is 0.448. The summed E-state index contributed by atoms with van der Waals surface area (Å²) in [4.78, 5) is 32.9. The highest BCUT2D eigenvalue weighted by atomic mass is 127. The van der Waals surface area contributed by atoms with Crippen LogP contribution in [-0.2, 0) is 9.53 Å². The second kappa shape index (κ2) is 13.4. The Kier molecular flexibility index (Phi) is 9.74. The summed E-state index contributed by atoms with van der Waals surface area (Å²) < 4.78 is 20.2. The summed E-state index contributed by atoms with van der Waals surface area (Å²) in [6, 6.07) is 9.29. The molecule has 1 amide bonds. The third-order valence-electron chi connectivity index (χ3n) is 7.16. The number of amides is 1. The van der Waals surface area contributed by atoms with Crippen LogP contribution >= 0.6 is 38.5 Å². The SMILES string of the molecule is CCOc1cc(C=Nn2c(C3CCCCC3)nc3ccc(Br)cc3c2=O)cc(I)c1OCC(=O)N1CCOCC1. The predicted octanol–water partition coefficient (Wildman–Crippen LogP) is 5.33. The number of halogens is 2. The molecule has 2 fully saturated rings. The van der Waals surface area contributed by atoms with Crippen LogP contribution in [0.4, 0.5) is 0 Å². The summed E-state index contributed by atoms with van der Waals surface area (Å²) in [5.41, 5.74) is 1.24. The molecule has 0 spiro atoms. The molecule has 2 aliphatic rings. The number of carbonyl (C=O) groups excluding carboxylic acids is 1. The molecule has 0 unspecified atom stereocenters. The van der Waals surface area contributed by atoms with Gasteiger partial charge >= 0.3 is 0 Å². The molecule has 11 heteroatoms. The van der Waals surface area contributed by atoms with Crippen LogP contribution in [0.3, 0.4) is 0 Å².